The third kappa shape index (κ3) is 9.70. The number of nitro benzene ring substituents is 1. The van der Waals surface area contributed by atoms with E-state index in [1.165, 1.54) is 73.8 Å². The zero-order valence-corrected chi connectivity index (χ0v) is 27.8. The van der Waals surface area contributed by atoms with Gasteiger partial charge in [-0.15, -0.1) is 0 Å². The summed E-state index contributed by atoms with van der Waals surface area (Å²) in [6.07, 6.45) is 10.7. The van der Waals surface area contributed by atoms with Crippen molar-refractivity contribution in [3.8, 4) is 17.2 Å². The molecule has 254 valence electrons. The monoisotopic (exact) mass is 655 g/mol. The molecule has 0 saturated heterocycles. The van der Waals surface area contributed by atoms with Crippen molar-refractivity contribution in [2.24, 2.45) is 0 Å². The molecule has 0 unspecified atom stereocenters. The van der Waals surface area contributed by atoms with Gasteiger partial charge in [0.1, 0.15) is 17.2 Å². The van der Waals surface area contributed by atoms with Crippen LogP contribution in [-0.4, -0.2) is 35.2 Å². The van der Waals surface area contributed by atoms with Crippen molar-refractivity contribution in [2.45, 2.75) is 78.1 Å². The number of nitrogens with zero attached hydrogens (tertiary/aromatic N) is 2. The number of phenols is 1. The number of para-hydroxylation sites is 2. The lowest BCUT2D eigenvalue weighted by Crippen LogP contribution is -2.34. The third-order valence-electron chi connectivity index (χ3n) is 8.19. The summed E-state index contributed by atoms with van der Waals surface area (Å²) in [5, 5.41) is 26.2. The first-order chi connectivity index (χ1) is 23.3. The summed E-state index contributed by atoms with van der Waals surface area (Å²) in [4.78, 5) is 39.0. The standard InChI is InChI=1S/C38H45N3O7/c1-3-5-6-7-8-9-10-11-12-15-27-40(38(44)48-29-23-21-28(22-24-29)41(45)46)34-19-16-17-31-30(34)25-26-32(36(31)42)37(43)39-33-18-13-14-20-35(33)47-4-2/h13-14,16-26,42H,3-12,15,27H2,1-2H3,(H,39,43). The maximum atomic E-state index is 13.6. The van der Waals surface area contributed by atoms with Crippen molar-refractivity contribution in [3.05, 3.63) is 94.5 Å². The summed E-state index contributed by atoms with van der Waals surface area (Å²) in [6.45, 7) is 4.86. The number of aromatic hydroxyl groups is 1. The SMILES string of the molecule is CCCCCCCCCCCCN(C(=O)Oc1ccc([N+](=O)[O-])cc1)c1cccc2c(O)c(C(=O)Nc3ccccc3OCC)ccc12. The maximum Gasteiger partial charge on any atom is 0.419 e. The highest BCUT2D eigenvalue weighted by atomic mass is 16.6. The predicted molar refractivity (Wildman–Crippen MR) is 189 cm³/mol. The van der Waals surface area contributed by atoms with Gasteiger partial charge < -0.3 is 19.9 Å². The van der Waals surface area contributed by atoms with Gasteiger partial charge in [0, 0.05) is 29.4 Å². The first-order valence-corrected chi connectivity index (χ1v) is 16.9. The van der Waals surface area contributed by atoms with Crippen LogP contribution in [0.1, 0.15) is 88.4 Å². The number of unbranched alkanes of at least 4 members (excludes halogenated alkanes) is 9. The fraction of sp³-hybridized carbons (Fsp3) is 0.368. The molecular formula is C38H45N3O7. The Morgan fingerprint density at radius 1 is 0.792 bits per heavy atom. The van der Waals surface area contributed by atoms with E-state index < -0.39 is 16.9 Å². The zero-order valence-electron chi connectivity index (χ0n) is 27.8. The minimum absolute atomic E-state index is 0.0700. The van der Waals surface area contributed by atoms with Crippen molar-refractivity contribution in [3.63, 3.8) is 0 Å². The molecule has 4 rings (SSSR count). The number of carbonyl (C=O) groups excluding carboxylic acids is 2. The van der Waals surface area contributed by atoms with E-state index in [0.717, 1.165) is 25.7 Å². The topological polar surface area (TPSA) is 131 Å². The summed E-state index contributed by atoms with van der Waals surface area (Å²) in [7, 11) is 0. The van der Waals surface area contributed by atoms with E-state index in [0.29, 0.717) is 41.0 Å². The van der Waals surface area contributed by atoms with Crippen molar-refractivity contribution < 1.29 is 29.1 Å². The van der Waals surface area contributed by atoms with E-state index in [1.54, 1.807) is 42.5 Å². The van der Waals surface area contributed by atoms with Gasteiger partial charge in [0.15, 0.2) is 0 Å². The summed E-state index contributed by atoms with van der Waals surface area (Å²) >= 11 is 0. The van der Waals surface area contributed by atoms with Crippen LogP contribution in [0.2, 0.25) is 0 Å². The maximum absolute atomic E-state index is 13.6. The van der Waals surface area contributed by atoms with Crippen molar-refractivity contribution >= 4 is 39.8 Å². The smallest absolute Gasteiger partial charge is 0.419 e. The van der Waals surface area contributed by atoms with Crippen LogP contribution in [0.4, 0.5) is 21.9 Å². The molecule has 0 aliphatic rings. The van der Waals surface area contributed by atoms with Crippen LogP contribution in [0.25, 0.3) is 10.8 Å². The molecule has 0 heterocycles. The Labute approximate surface area is 281 Å². The molecule has 48 heavy (non-hydrogen) atoms. The third-order valence-corrected chi connectivity index (χ3v) is 8.19. The quantitative estimate of drug-likeness (QED) is 0.0619. The Morgan fingerprint density at radius 3 is 2.12 bits per heavy atom. The highest BCUT2D eigenvalue weighted by Gasteiger charge is 2.23. The molecule has 0 aromatic heterocycles. The Bertz CT molecular complexity index is 1670. The Kier molecular flexibility index (Phi) is 13.6. The summed E-state index contributed by atoms with van der Waals surface area (Å²) in [6, 6.07) is 20.8. The minimum atomic E-state index is -0.652. The molecule has 0 fully saturated rings. The van der Waals surface area contributed by atoms with Crippen molar-refractivity contribution in [1.29, 1.82) is 0 Å². The molecule has 0 aliphatic carbocycles. The average Bonchev–Trinajstić information content (AvgIpc) is 3.08. The van der Waals surface area contributed by atoms with Crippen molar-refractivity contribution in [1.82, 2.24) is 0 Å². The molecule has 4 aromatic rings. The molecule has 0 atom stereocenters. The molecule has 2 amide bonds. The second-order valence-electron chi connectivity index (χ2n) is 11.7. The molecule has 0 aliphatic heterocycles. The van der Waals surface area contributed by atoms with E-state index in [4.69, 9.17) is 9.47 Å². The van der Waals surface area contributed by atoms with Gasteiger partial charge in [-0.05, 0) is 49.7 Å². The molecule has 0 bridgehead atoms. The molecule has 0 radical (unpaired) electrons. The number of hydrogen-bond donors (Lipinski definition) is 2. The van der Waals surface area contributed by atoms with Crippen molar-refractivity contribution in [2.75, 3.05) is 23.4 Å². The second kappa shape index (κ2) is 18.3. The molecule has 10 nitrogen and oxygen atoms in total. The number of non-ortho nitro benzene ring substituents is 1. The normalized spacial score (nSPS) is 10.9. The minimum Gasteiger partial charge on any atom is -0.506 e. The number of ether oxygens (including phenoxy) is 2. The van der Waals surface area contributed by atoms with Crippen LogP contribution in [0.3, 0.4) is 0 Å². The number of anilines is 2. The number of fused-ring (bicyclic) bond motifs is 1. The van der Waals surface area contributed by atoms with Gasteiger partial charge >= 0.3 is 6.09 Å². The Balaban J connectivity index is 1.54. The van der Waals surface area contributed by atoms with Gasteiger partial charge in [0.05, 0.1) is 28.5 Å². The van der Waals surface area contributed by atoms with Crippen LogP contribution in [0.15, 0.2) is 78.9 Å². The number of nitro groups is 1. The summed E-state index contributed by atoms with van der Waals surface area (Å²) in [5.41, 5.74) is 0.956. The second-order valence-corrected chi connectivity index (χ2v) is 11.7. The number of benzene rings is 4. The Morgan fingerprint density at radius 2 is 1.46 bits per heavy atom. The zero-order chi connectivity index (χ0) is 34.3. The van der Waals surface area contributed by atoms with E-state index in [2.05, 4.69) is 12.2 Å². The van der Waals surface area contributed by atoms with E-state index in [-0.39, 0.29) is 22.7 Å². The van der Waals surface area contributed by atoms with Crippen LogP contribution in [0.5, 0.6) is 17.2 Å². The lowest BCUT2D eigenvalue weighted by molar-refractivity contribution is -0.384. The summed E-state index contributed by atoms with van der Waals surface area (Å²) < 4.78 is 11.3. The number of hydrogen-bond acceptors (Lipinski definition) is 7. The predicted octanol–water partition coefficient (Wildman–Crippen LogP) is 10.0. The molecule has 4 aromatic carbocycles. The van der Waals surface area contributed by atoms with Gasteiger partial charge in [-0.2, -0.15) is 0 Å². The highest BCUT2D eigenvalue weighted by Crippen LogP contribution is 2.36. The first kappa shape index (κ1) is 35.7. The Hall–Kier alpha value is -5.12. The number of carbonyl (C=O) groups is 2. The van der Waals surface area contributed by atoms with E-state index in [9.17, 15) is 24.8 Å². The van der Waals surface area contributed by atoms with Crippen LogP contribution >= 0.6 is 0 Å². The van der Waals surface area contributed by atoms with Crippen LogP contribution < -0.4 is 19.7 Å². The number of nitrogens with one attached hydrogen (secondary N) is 1. The highest BCUT2D eigenvalue weighted by molar-refractivity contribution is 6.12. The van der Waals surface area contributed by atoms with E-state index in [1.807, 2.05) is 13.0 Å². The fourth-order valence-corrected chi connectivity index (χ4v) is 5.64. The van der Waals surface area contributed by atoms with Crippen LogP contribution in [0, 0.1) is 10.1 Å². The summed E-state index contributed by atoms with van der Waals surface area (Å²) in [5.74, 6) is -0.0340. The van der Waals surface area contributed by atoms with Gasteiger partial charge in [-0.1, -0.05) is 95.0 Å². The molecular weight excluding hydrogens is 610 g/mol. The van der Waals surface area contributed by atoms with Gasteiger partial charge in [-0.25, -0.2) is 4.79 Å². The first-order valence-electron chi connectivity index (χ1n) is 16.9. The van der Waals surface area contributed by atoms with Gasteiger partial charge in [0.25, 0.3) is 11.6 Å². The average molecular weight is 656 g/mol. The molecule has 0 saturated carbocycles. The molecule has 0 spiro atoms. The molecule has 10 heteroatoms. The lowest BCUT2D eigenvalue weighted by atomic mass is 10.0. The fourth-order valence-electron chi connectivity index (χ4n) is 5.64. The number of amides is 2. The van der Waals surface area contributed by atoms with Gasteiger partial charge in [-0.3, -0.25) is 19.8 Å². The van der Waals surface area contributed by atoms with Crippen LogP contribution in [-0.2, 0) is 0 Å². The van der Waals surface area contributed by atoms with E-state index >= 15 is 0 Å². The van der Waals surface area contributed by atoms with Gasteiger partial charge in [0.2, 0.25) is 0 Å². The number of phenolic OH excluding ortho intramolecular Hbond substituents is 1. The largest absolute Gasteiger partial charge is 0.506 e. The number of rotatable bonds is 18. The molecule has 2 N–H and O–H groups in total. The lowest BCUT2D eigenvalue weighted by Gasteiger charge is -2.24.